The minimum atomic E-state index is -2.94. The van der Waals surface area contributed by atoms with Gasteiger partial charge in [-0.15, -0.1) is 0 Å². The molecule has 27 heavy (non-hydrogen) atoms. The Kier molecular flexibility index (Phi) is 8.09. The van der Waals surface area contributed by atoms with E-state index < -0.39 is 6.61 Å². The highest BCUT2D eigenvalue weighted by Crippen LogP contribution is 2.30. The quantitative estimate of drug-likeness (QED) is 0.504. The van der Waals surface area contributed by atoms with Gasteiger partial charge < -0.3 is 19.5 Å². The molecule has 0 spiro atoms. The number of carbonyl (C=O) groups is 1. The molecular weight excluding hydrogens is 356 g/mol. The lowest BCUT2D eigenvalue weighted by molar-refractivity contribution is -0.116. The van der Waals surface area contributed by atoms with Crippen molar-refractivity contribution in [2.24, 2.45) is 0 Å². The summed E-state index contributed by atoms with van der Waals surface area (Å²) >= 11 is 0. The lowest BCUT2D eigenvalue weighted by Gasteiger charge is -2.11. The molecular formula is C20H21F2NO4. The highest BCUT2D eigenvalue weighted by atomic mass is 19.3. The summed E-state index contributed by atoms with van der Waals surface area (Å²) in [5.74, 6) is 0.581. The molecule has 0 heterocycles. The average Bonchev–Trinajstić information content (AvgIpc) is 2.66. The molecule has 2 rings (SSSR count). The number of hydrogen-bond acceptors (Lipinski definition) is 4. The number of halogens is 2. The Morgan fingerprint density at radius 2 is 1.89 bits per heavy atom. The van der Waals surface area contributed by atoms with Gasteiger partial charge in [0.15, 0.2) is 11.5 Å². The maximum atomic E-state index is 12.4. The third-order valence-electron chi connectivity index (χ3n) is 3.32. The maximum Gasteiger partial charge on any atom is 0.387 e. The number of hydrogen-bond donors (Lipinski definition) is 1. The first-order valence-electron chi connectivity index (χ1n) is 8.44. The first-order chi connectivity index (χ1) is 13.1. The van der Waals surface area contributed by atoms with E-state index in [1.54, 1.807) is 19.1 Å². The lowest BCUT2D eigenvalue weighted by atomic mass is 10.2. The monoisotopic (exact) mass is 377 g/mol. The molecule has 2 aromatic rings. The van der Waals surface area contributed by atoms with Crippen molar-refractivity contribution < 1.29 is 27.8 Å². The first-order valence-corrected chi connectivity index (χ1v) is 8.44. The smallest absolute Gasteiger partial charge is 0.387 e. The third kappa shape index (κ3) is 7.35. The molecule has 0 bridgehead atoms. The summed E-state index contributed by atoms with van der Waals surface area (Å²) in [6.45, 7) is -0.204. The Bertz CT molecular complexity index is 751. The van der Waals surface area contributed by atoms with E-state index in [9.17, 15) is 13.6 Å². The van der Waals surface area contributed by atoms with Gasteiger partial charge in [-0.05, 0) is 42.8 Å². The Hall–Kier alpha value is -3.09. The summed E-state index contributed by atoms with van der Waals surface area (Å²) in [6.07, 6.45) is 2.91. The minimum absolute atomic E-state index is 0.0495. The topological polar surface area (TPSA) is 56.8 Å². The number of amides is 1. The number of alkyl halides is 2. The second-order valence-electron chi connectivity index (χ2n) is 5.30. The Labute approximate surface area is 156 Å². The molecule has 0 radical (unpaired) electrons. The Balaban J connectivity index is 1.84. The van der Waals surface area contributed by atoms with Crippen molar-refractivity contribution >= 4 is 12.0 Å². The van der Waals surface area contributed by atoms with Crippen molar-refractivity contribution in [1.82, 2.24) is 5.32 Å². The van der Waals surface area contributed by atoms with E-state index in [2.05, 4.69) is 10.1 Å². The van der Waals surface area contributed by atoms with Crippen molar-refractivity contribution in [2.75, 3.05) is 19.8 Å². The Morgan fingerprint density at radius 3 is 2.59 bits per heavy atom. The van der Waals surface area contributed by atoms with Crippen LogP contribution in [0.1, 0.15) is 12.5 Å². The van der Waals surface area contributed by atoms with Gasteiger partial charge >= 0.3 is 6.61 Å². The molecule has 0 atom stereocenters. The zero-order valence-corrected chi connectivity index (χ0v) is 14.9. The highest BCUT2D eigenvalue weighted by molar-refractivity contribution is 5.91. The van der Waals surface area contributed by atoms with E-state index in [1.807, 2.05) is 30.3 Å². The number of rotatable bonds is 10. The largest absolute Gasteiger partial charge is 0.492 e. The van der Waals surface area contributed by atoms with Crippen LogP contribution in [0.15, 0.2) is 54.6 Å². The summed E-state index contributed by atoms with van der Waals surface area (Å²) in [5, 5.41) is 2.69. The molecule has 0 saturated carbocycles. The van der Waals surface area contributed by atoms with Crippen LogP contribution < -0.4 is 19.5 Å². The number of benzene rings is 2. The second-order valence-corrected chi connectivity index (χ2v) is 5.30. The van der Waals surface area contributed by atoms with Crippen LogP contribution in [-0.4, -0.2) is 32.3 Å². The zero-order valence-electron chi connectivity index (χ0n) is 14.9. The minimum Gasteiger partial charge on any atom is -0.492 e. The van der Waals surface area contributed by atoms with Crippen molar-refractivity contribution in [2.45, 2.75) is 13.5 Å². The van der Waals surface area contributed by atoms with Gasteiger partial charge in [0.05, 0.1) is 13.2 Å². The van der Waals surface area contributed by atoms with Crippen LogP contribution >= 0.6 is 0 Å². The number of carbonyl (C=O) groups excluding carboxylic acids is 1. The van der Waals surface area contributed by atoms with E-state index in [1.165, 1.54) is 18.2 Å². The molecule has 0 aromatic heterocycles. The first kappa shape index (κ1) is 20.2. The van der Waals surface area contributed by atoms with Gasteiger partial charge in [0.25, 0.3) is 0 Å². The molecule has 144 valence electrons. The van der Waals surface area contributed by atoms with Gasteiger partial charge in [0, 0.05) is 6.08 Å². The molecule has 0 aliphatic carbocycles. The van der Waals surface area contributed by atoms with E-state index in [0.29, 0.717) is 25.3 Å². The summed E-state index contributed by atoms with van der Waals surface area (Å²) < 4.78 is 40.0. The van der Waals surface area contributed by atoms with Crippen LogP contribution in [0.25, 0.3) is 6.08 Å². The SMILES string of the molecule is CCOc1cc(/C=C/C(=O)NCCOc2ccccc2)ccc1OC(F)F. The fourth-order valence-electron chi connectivity index (χ4n) is 2.18. The molecule has 1 amide bonds. The molecule has 0 saturated heterocycles. The summed E-state index contributed by atoms with van der Waals surface area (Å²) in [5.41, 5.74) is 0.621. The molecule has 7 heteroatoms. The third-order valence-corrected chi connectivity index (χ3v) is 3.32. The highest BCUT2D eigenvalue weighted by Gasteiger charge is 2.11. The molecule has 2 aromatic carbocycles. The fraction of sp³-hybridized carbons (Fsp3) is 0.250. The van der Waals surface area contributed by atoms with Gasteiger partial charge in [-0.1, -0.05) is 24.3 Å². The van der Waals surface area contributed by atoms with Gasteiger partial charge in [-0.3, -0.25) is 4.79 Å². The summed E-state index contributed by atoms with van der Waals surface area (Å²) in [4.78, 5) is 11.8. The van der Waals surface area contributed by atoms with Crippen molar-refractivity contribution in [3.05, 3.63) is 60.2 Å². The molecule has 0 unspecified atom stereocenters. The maximum absolute atomic E-state index is 12.4. The van der Waals surface area contributed by atoms with Gasteiger partial charge in [0.2, 0.25) is 5.91 Å². The van der Waals surface area contributed by atoms with Crippen LogP contribution in [0.2, 0.25) is 0 Å². The van der Waals surface area contributed by atoms with E-state index in [4.69, 9.17) is 9.47 Å². The van der Waals surface area contributed by atoms with Gasteiger partial charge in [-0.2, -0.15) is 8.78 Å². The number of ether oxygens (including phenoxy) is 3. The lowest BCUT2D eigenvalue weighted by Crippen LogP contribution is -2.26. The molecule has 0 aliphatic rings. The average molecular weight is 377 g/mol. The Morgan fingerprint density at radius 1 is 1.11 bits per heavy atom. The predicted octanol–water partition coefficient (Wildman–Crippen LogP) is 3.90. The fourth-order valence-corrected chi connectivity index (χ4v) is 2.18. The number of nitrogens with one attached hydrogen (secondary N) is 1. The van der Waals surface area contributed by atoms with E-state index in [0.717, 1.165) is 5.75 Å². The van der Waals surface area contributed by atoms with Crippen molar-refractivity contribution in [1.29, 1.82) is 0 Å². The van der Waals surface area contributed by atoms with Crippen LogP contribution in [-0.2, 0) is 4.79 Å². The van der Waals surface area contributed by atoms with E-state index >= 15 is 0 Å². The van der Waals surface area contributed by atoms with Gasteiger partial charge in [-0.25, -0.2) is 0 Å². The number of para-hydroxylation sites is 1. The molecule has 1 N–H and O–H groups in total. The second kappa shape index (κ2) is 10.8. The summed E-state index contributed by atoms with van der Waals surface area (Å²) in [6, 6.07) is 13.8. The van der Waals surface area contributed by atoms with E-state index in [-0.39, 0.29) is 17.4 Å². The molecule has 0 fully saturated rings. The molecule has 5 nitrogen and oxygen atoms in total. The van der Waals surface area contributed by atoms with Crippen LogP contribution in [0.4, 0.5) is 8.78 Å². The zero-order chi connectivity index (χ0) is 19.5. The van der Waals surface area contributed by atoms with Crippen LogP contribution in [0.5, 0.6) is 17.2 Å². The van der Waals surface area contributed by atoms with Crippen LogP contribution in [0, 0.1) is 0 Å². The molecule has 0 aliphatic heterocycles. The standard InChI is InChI=1S/C20H21F2NO4/c1-2-25-18-14-15(8-10-17(18)27-20(21)22)9-11-19(24)23-12-13-26-16-6-4-3-5-7-16/h3-11,14,20H,2,12-13H2,1H3,(H,23,24)/b11-9+. The van der Waals surface area contributed by atoms with Crippen LogP contribution in [0.3, 0.4) is 0 Å². The summed E-state index contributed by atoms with van der Waals surface area (Å²) in [7, 11) is 0. The predicted molar refractivity (Wildman–Crippen MR) is 98.2 cm³/mol. The van der Waals surface area contributed by atoms with Crippen molar-refractivity contribution in [3.63, 3.8) is 0 Å². The van der Waals surface area contributed by atoms with Gasteiger partial charge in [0.1, 0.15) is 12.4 Å². The van der Waals surface area contributed by atoms with Crippen molar-refractivity contribution in [3.8, 4) is 17.2 Å². The normalized spacial score (nSPS) is 10.8.